The fourth-order valence-electron chi connectivity index (χ4n) is 3.24. The molecule has 1 aliphatic heterocycles. The average Bonchev–Trinajstić information content (AvgIpc) is 2.56. The molecule has 0 aromatic heterocycles. The van der Waals surface area contributed by atoms with Gasteiger partial charge in [-0.15, -0.1) is 24.0 Å². The number of nitrogens with zero attached hydrogens (tertiary/aromatic N) is 3. The van der Waals surface area contributed by atoms with Gasteiger partial charge in [-0.1, -0.05) is 27.7 Å². The van der Waals surface area contributed by atoms with E-state index in [1.54, 1.807) is 0 Å². The second kappa shape index (κ2) is 14.0. The number of hydrogen-bond acceptors (Lipinski definition) is 4. The molecule has 0 spiro atoms. The molecule has 1 fully saturated rings. The zero-order chi connectivity index (χ0) is 17.9. The van der Waals surface area contributed by atoms with Gasteiger partial charge in [0.15, 0.2) is 5.96 Å². The first-order valence-corrected chi connectivity index (χ1v) is 9.52. The number of guanidine groups is 1. The third-order valence-electron chi connectivity index (χ3n) is 4.57. The van der Waals surface area contributed by atoms with E-state index in [9.17, 15) is 0 Å². The van der Waals surface area contributed by atoms with Crippen molar-refractivity contribution in [3.8, 4) is 0 Å². The van der Waals surface area contributed by atoms with Crippen molar-refractivity contribution in [1.29, 1.82) is 0 Å². The van der Waals surface area contributed by atoms with Crippen LogP contribution >= 0.6 is 24.0 Å². The highest BCUT2D eigenvalue weighted by atomic mass is 127. The SMILES string of the molecule is CCN(CC)C(C)CNC(=NC)NCC1CN(CC(C)C)CCO1.I. The summed E-state index contributed by atoms with van der Waals surface area (Å²) < 4.78 is 5.89. The Morgan fingerprint density at radius 2 is 1.92 bits per heavy atom. The number of hydrogen-bond donors (Lipinski definition) is 2. The molecule has 2 atom stereocenters. The summed E-state index contributed by atoms with van der Waals surface area (Å²) in [5.74, 6) is 1.56. The molecule has 1 heterocycles. The van der Waals surface area contributed by atoms with Crippen LogP contribution in [0.5, 0.6) is 0 Å². The Morgan fingerprint density at radius 3 is 2.48 bits per heavy atom. The third-order valence-corrected chi connectivity index (χ3v) is 4.57. The fourth-order valence-corrected chi connectivity index (χ4v) is 3.24. The molecule has 25 heavy (non-hydrogen) atoms. The molecule has 6 nitrogen and oxygen atoms in total. The summed E-state index contributed by atoms with van der Waals surface area (Å²) in [7, 11) is 1.82. The van der Waals surface area contributed by atoms with Crippen LogP contribution in [0.15, 0.2) is 4.99 Å². The molecule has 0 amide bonds. The minimum Gasteiger partial charge on any atom is -0.374 e. The molecule has 1 rings (SSSR count). The molecule has 7 heteroatoms. The summed E-state index contributed by atoms with van der Waals surface area (Å²) in [5.41, 5.74) is 0. The first-order valence-electron chi connectivity index (χ1n) is 9.52. The van der Waals surface area contributed by atoms with Crippen LogP contribution in [0.2, 0.25) is 0 Å². The number of rotatable bonds is 9. The van der Waals surface area contributed by atoms with Crippen molar-refractivity contribution in [2.75, 3.05) is 59.5 Å². The lowest BCUT2D eigenvalue weighted by Crippen LogP contribution is -2.51. The summed E-state index contributed by atoms with van der Waals surface area (Å²) >= 11 is 0. The fraction of sp³-hybridized carbons (Fsp3) is 0.944. The molecule has 0 aromatic rings. The standard InChI is InChI=1S/C18H39N5O.HI/c1-7-23(8-2)16(5)11-20-18(19-6)21-12-17-14-22(9-10-24-17)13-15(3)4;/h15-17H,7-14H2,1-6H3,(H2,19,20,21);1H. The molecular weight excluding hydrogens is 429 g/mol. The van der Waals surface area contributed by atoms with E-state index in [0.717, 1.165) is 58.4 Å². The quantitative estimate of drug-likeness (QED) is 0.307. The van der Waals surface area contributed by atoms with Gasteiger partial charge in [0, 0.05) is 45.8 Å². The molecule has 0 aromatic carbocycles. The summed E-state index contributed by atoms with van der Waals surface area (Å²) in [4.78, 5) is 9.27. The van der Waals surface area contributed by atoms with Gasteiger partial charge in [0.2, 0.25) is 0 Å². The smallest absolute Gasteiger partial charge is 0.191 e. The van der Waals surface area contributed by atoms with E-state index < -0.39 is 0 Å². The summed E-state index contributed by atoms with van der Waals surface area (Å²) in [5, 5.41) is 6.84. The lowest BCUT2D eigenvalue weighted by molar-refractivity contribution is -0.0284. The van der Waals surface area contributed by atoms with Crippen molar-refractivity contribution < 1.29 is 4.74 Å². The molecule has 0 aliphatic carbocycles. The highest BCUT2D eigenvalue weighted by Crippen LogP contribution is 2.07. The van der Waals surface area contributed by atoms with Crippen LogP contribution in [0.25, 0.3) is 0 Å². The maximum absolute atomic E-state index is 5.89. The predicted molar refractivity (Wildman–Crippen MR) is 118 cm³/mol. The van der Waals surface area contributed by atoms with Crippen molar-refractivity contribution in [2.24, 2.45) is 10.9 Å². The van der Waals surface area contributed by atoms with Crippen LogP contribution in [-0.4, -0.2) is 87.4 Å². The number of ether oxygens (including phenoxy) is 1. The van der Waals surface area contributed by atoms with E-state index in [1.807, 2.05) is 7.05 Å². The second-order valence-corrected chi connectivity index (χ2v) is 7.05. The van der Waals surface area contributed by atoms with E-state index in [0.29, 0.717) is 12.0 Å². The number of morpholine rings is 1. The Balaban J connectivity index is 0.00000576. The van der Waals surface area contributed by atoms with Gasteiger partial charge in [0.25, 0.3) is 0 Å². The molecule has 150 valence electrons. The highest BCUT2D eigenvalue weighted by molar-refractivity contribution is 14.0. The van der Waals surface area contributed by atoms with Gasteiger partial charge < -0.3 is 15.4 Å². The maximum atomic E-state index is 5.89. The first-order chi connectivity index (χ1) is 11.5. The van der Waals surface area contributed by atoms with Crippen molar-refractivity contribution in [1.82, 2.24) is 20.4 Å². The lowest BCUT2D eigenvalue weighted by atomic mass is 10.2. The Hall–Kier alpha value is -0.120. The first kappa shape index (κ1) is 24.9. The predicted octanol–water partition coefficient (Wildman–Crippen LogP) is 1.86. The summed E-state index contributed by atoms with van der Waals surface area (Å²) in [6.07, 6.45) is 0.233. The van der Waals surface area contributed by atoms with Crippen molar-refractivity contribution >= 4 is 29.9 Å². The monoisotopic (exact) mass is 469 g/mol. The Kier molecular flexibility index (Phi) is 13.9. The second-order valence-electron chi connectivity index (χ2n) is 7.05. The van der Waals surface area contributed by atoms with Crippen LogP contribution in [0.4, 0.5) is 0 Å². The molecule has 2 N–H and O–H groups in total. The van der Waals surface area contributed by atoms with Gasteiger partial charge in [-0.25, -0.2) is 0 Å². The molecule has 0 saturated carbocycles. The van der Waals surface area contributed by atoms with E-state index >= 15 is 0 Å². The van der Waals surface area contributed by atoms with E-state index in [2.05, 4.69) is 60.0 Å². The molecule has 0 bridgehead atoms. The summed E-state index contributed by atoms with van der Waals surface area (Å²) in [6, 6.07) is 0.492. The van der Waals surface area contributed by atoms with Gasteiger partial charge >= 0.3 is 0 Å². The number of likely N-dealkylation sites (N-methyl/N-ethyl adjacent to an activating group) is 1. The van der Waals surface area contributed by atoms with Crippen LogP contribution in [0, 0.1) is 5.92 Å². The average molecular weight is 469 g/mol. The van der Waals surface area contributed by atoms with Crippen LogP contribution < -0.4 is 10.6 Å². The van der Waals surface area contributed by atoms with Gasteiger partial charge in [-0.3, -0.25) is 14.8 Å². The Morgan fingerprint density at radius 1 is 1.24 bits per heavy atom. The van der Waals surface area contributed by atoms with Crippen LogP contribution in [0.3, 0.4) is 0 Å². The molecule has 1 aliphatic rings. The van der Waals surface area contributed by atoms with Crippen LogP contribution in [-0.2, 0) is 4.74 Å². The number of nitrogens with one attached hydrogen (secondary N) is 2. The minimum absolute atomic E-state index is 0. The Labute approximate surface area is 172 Å². The highest BCUT2D eigenvalue weighted by Gasteiger charge is 2.21. The zero-order valence-corrected chi connectivity index (χ0v) is 19.4. The van der Waals surface area contributed by atoms with Crippen molar-refractivity contribution in [2.45, 2.75) is 46.8 Å². The van der Waals surface area contributed by atoms with Crippen molar-refractivity contribution in [3.05, 3.63) is 0 Å². The molecule has 0 radical (unpaired) electrons. The molecular formula is C18H40IN5O. The van der Waals surface area contributed by atoms with Crippen molar-refractivity contribution in [3.63, 3.8) is 0 Å². The third kappa shape index (κ3) is 9.96. The van der Waals surface area contributed by atoms with E-state index in [-0.39, 0.29) is 30.1 Å². The molecule has 1 saturated heterocycles. The summed E-state index contributed by atoms with van der Waals surface area (Å²) in [6.45, 7) is 19.1. The van der Waals surface area contributed by atoms with Crippen LogP contribution in [0.1, 0.15) is 34.6 Å². The topological polar surface area (TPSA) is 52.1 Å². The maximum Gasteiger partial charge on any atom is 0.191 e. The lowest BCUT2D eigenvalue weighted by Gasteiger charge is -2.34. The normalized spacial score (nSPS) is 20.5. The number of halogens is 1. The van der Waals surface area contributed by atoms with Gasteiger partial charge in [0.05, 0.1) is 12.7 Å². The number of aliphatic imine (C=N–C) groups is 1. The largest absolute Gasteiger partial charge is 0.374 e. The van der Waals surface area contributed by atoms with E-state index in [1.165, 1.54) is 0 Å². The zero-order valence-electron chi connectivity index (χ0n) is 17.0. The molecule has 2 unspecified atom stereocenters. The van der Waals surface area contributed by atoms with Gasteiger partial charge in [-0.2, -0.15) is 0 Å². The van der Waals surface area contributed by atoms with Gasteiger partial charge in [-0.05, 0) is 25.9 Å². The Bertz CT molecular complexity index is 363. The van der Waals surface area contributed by atoms with E-state index in [4.69, 9.17) is 4.74 Å². The van der Waals surface area contributed by atoms with Gasteiger partial charge in [0.1, 0.15) is 0 Å². The minimum atomic E-state index is 0.